The number of benzene rings is 1. The highest BCUT2D eigenvalue weighted by molar-refractivity contribution is 9.10. The zero-order chi connectivity index (χ0) is 14.0. The molecule has 4 unspecified atom stereocenters. The van der Waals surface area contributed by atoms with Gasteiger partial charge in [0.1, 0.15) is 5.82 Å². The summed E-state index contributed by atoms with van der Waals surface area (Å²) in [6, 6.07) is 5.90. The largest absolute Gasteiger partial charge is 0.307 e. The fourth-order valence-electron chi connectivity index (χ4n) is 3.32. The summed E-state index contributed by atoms with van der Waals surface area (Å²) in [4.78, 5) is 0. The average Bonchev–Trinajstić information content (AvgIpc) is 2.70. The van der Waals surface area contributed by atoms with Gasteiger partial charge in [-0.05, 0) is 43.7 Å². The van der Waals surface area contributed by atoms with Gasteiger partial charge in [0.2, 0.25) is 0 Å². The minimum absolute atomic E-state index is 0.0659. The minimum atomic E-state index is -0.132. The molecule has 0 spiro atoms. The Morgan fingerprint density at radius 1 is 1.42 bits per heavy atom. The third-order valence-corrected chi connectivity index (χ3v) is 5.14. The molecule has 1 aliphatic rings. The van der Waals surface area contributed by atoms with Crippen LogP contribution < -0.4 is 5.32 Å². The molecule has 1 aromatic carbocycles. The second-order valence-electron chi connectivity index (χ2n) is 5.77. The van der Waals surface area contributed by atoms with Crippen molar-refractivity contribution in [3.63, 3.8) is 0 Å². The summed E-state index contributed by atoms with van der Waals surface area (Å²) in [6.45, 7) is 6.64. The maximum absolute atomic E-state index is 13.9. The molecule has 0 radical (unpaired) electrons. The maximum Gasteiger partial charge on any atom is 0.129 e. The van der Waals surface area contributed by atoms with Crippen LogP contribution in [0.3, 0.4) is 0 Å². The Morgan fingerprint density at radius 3 is 2.74 bits per heavy atom. The van der Waals surface area contributed by atoms with E-state index in [9.17, 15) is 4.39 Å². The van der Waals surface area contributed by atoms with E-state index >= 15 is 0 Å². The first-order valence-corrected chi connectivity index (χ1v) is 8.03. The van der Waals surface area contributed by atoms with Crippen molar-refractivity contribution in [2.75, 3.05) is 0 Å². The van der Waals surface area contributed by atoms with E-state index in [0.29, 0.717) is 12.0 Å². The number of nitrogens with one attached hydrogen (secondary N) is 1. The van der Waals surface area contributed by atoms with E-state index in [4.69, 9.17) is 0 Å². The van der Waals surface area contributed by atoms with Crippen LogP contribution >= 0.6 is 15.9 Å². The van der Waals surface area contributed by atoms with Crippen molar-refractivity contribution in [1.29, 1.82) is 0 Å². The summed E-state index contributed by atoms with van der Waals surface area (Å²) >= 11 is 3.30. The van der Waals surface area contributed by atoms with E-state index in [2.05, 4.69) is 42.0 Å². The molecule has 2 rings (SSSR count). The van der Waals surface area contributed by atoms with Crippen molar-refractivity contribution in [3.8, 4) is 0 Å². The molecule has 1 nitrogen and oxygen atoms in total. The lowest BCUT2D eigenvalue weighted by Gasteiger charge is -2.25. The molecular formula is C16H23BrFN. The first kappa shape index (κ1) is 15.0. The van der Waals surface area contributed by atoms with Crippen molar-refractivity contribution in [1.82, 2.24) is 5.32 Å². The van der Waals surface area contributed by atoms with E-state index in [1.807, 2.05) is 12.1 Å². The van der Waals surface area contributed by atoms with Crippen LogP contribution in [0.2, 0.25) is 0 Å². The van der Waals surface area contributed by atoms with Crippen molar-refractivity contribution in [2.45, 2.75) is 52.1 Å². The predicted molar refractivity (Wildman–Crippen MR) is 81.6 cm³/mol. The Morgan fingerprint density at radius 2 is 2.16 bits per heavy atom. The van der Waals surface area contributed by atoms with Crippen molar-refractivity contribution in [2.24, 2.45) is 11.8 Å². The predicted octanol–water partition coefficient (Wildman–Crippen LogP) is 5.06. The SMILES string of the molecule is CCC1CCC(NC(C)c2ccc(Br)cc2F)C1C. The van der Waals surface area contributed by atoms with Gasteiger partial charge in [0.05, 0.1) is 0 Å². The van der Waals surface area contributed by atoms with Gasteiger partial charge < -0.3 is 5.32 Å². The van der Waals surface area contributed by atoms with Gasteiger partial charge in [-0.3, -0.25) is 0 Å². The van der Waals surface area contributed by atoms with Crippen LogP contribution in [0.5, 0.6) is 0 Å². The van der Waals surface area contributed by atoms with Gasteiger partial charge in [-0.25, -0.2) is 4.39 Å². The molecule has 1 N–H and O–H groups in total. The molecule has 1 aliphatic carbocycles. The van der Waals surface area contributed by atoms with E-state index in [1.54, 1.807) is 6.07 Å². The number of hydrogen-bond acceptors (Lipinski definition) is 1. The van der Waals surface area contributed by atoms with Crippen LogP contribution in [-0.2, 0) is 0 Å². The van der Waals surface area contributed by atoms with E-state index in [0.717, 1.165) is 16.0 Å². The summed E-state index contributed by atoms with van der Waals surface area (Å²) in [5.41, 5.74) is 0.760. The molecule has 4 atom stereocenters. The highest BCUT2D eigenvalue weighted by Crippen LogP contribution is 2.35. The second-order valence-corrected chi connectivity index (χ2v) is 6.68. The molecule has 0 aliphatic heterocycles. The van der Waals surface area contributed by atoms with Crippen LogP contribution in [-0.4, -0.2) is 6.04 Å². The van der Waals surface area contributed by atoms with Gasteiger partial charge in [0, 0.05) is 22.1 Å². The molecule has 19 heavy (non-hydrogen) atoms. The van der Waals surface area contributed by atoms with E-state index < -0.39 is 0 Å². The van der Waals surface area contributed by atoms with Gasteiger partial charge in [0.25, 0.3) is 0 Å². The minimum Gasteiger partial charge on any atom is -0.307 e. The topological polar surface area (TPSA) is 12.0 Å². The van der Waals surface area contributed by atoms with E-state index in [-0.39, 0.29) is 11.9 Å². The molecule has 0 amide bonds. The van der Waals surface area contributed by atoms with Crippen molar-refractivity contribution >= 4 is 15.9 Å². The van der Waals surface area contributed by atoms with Gasteiger partial charge in [0.15, 0.2) is 0 Å². The standard InChI is InChI=1S/C16H23BrFN/c1-4-12-5-8-16(10(12)2)19-11(3)14-7-6-13(17)9-15(14)18/h6-7,9-12,16,19H,4-5,8H2,1-3H3. The number of hydrogen-bond donors (Lipinski definition) is 1. The first-order chi connectivity index (χ1) is 9.02. The van der Waals surface area contributed by atoms with Crippen LogP contribution in [0.15, 0.2) is 22.7 Å². The fraction of sp³-hybridized carbons (Fsp3) is 0.625. The van der Waals surface area contributed by atoms with Gasteiger partial charge in [-0.2, -0.15) is 0 Å². The Hall–Kier alpha value is -0.410. The Kier molecular flexibility index (Phi) is 5.02. The molecule has 1 saturated carbocycles. The quantitative estimate of drug-likeness (QED) is 0.814. The normalized spacial score (nSPS) is 28.6. The average molecular weight is 328 g/mol. The lowest BCUT2D eigenvalue weighted by molar-refractivity contribution is 0.325. The number of halogens is 2. The summed E-state index contributed by atoms with van der Waals surface area (Å²) in [5, 5.41) is 3.61. The lowest BCUT2D eigenvalue weighted by atomic mass is 9.93. The molecule has 0 aromatic heterocycles. The summed E-state index contributed by atoms with van der Waals surface area (Å²) in [7, 11) is 0. The molecule has 0 saturated heterocycles. The highest BCUT2D eigenvalue weighted by atomic mass is 79.9. The van der Waals surface area contributed by atoms with Crippen LogP contribution in [0.25, 0.3) is 0 Å². The van der Waals surface area contributed by atoms with Gasteiger partial charge in [-0.15, -0.1) is 0 Å². The first-order valence-electron chi connectivity index (χ1n) is 7.24. The molecule has 1 aromatic rings. The van der Waals surface area contributed by atoms with Gasteiger partial charge in [-0.1, -0.05) is 42.3 Å². The van der Waals surface area contributed by atoms with Crippen LogP contribution in [0.4, 0.5) is 4.39 Å². The molecular weight excluding hydrogens is 305 g/mol. The van der Waals surface area contributed by atoms with Crippen LogP contribution in [0, 0.1) is 17.7 Å². The van der Waals surface area contributed by atoms with E-state index in [1.165, 1.54) is 19.3 Å². The Bertz CT molecular complexity index is 435. The Balaban J connectivity index is 2.03. The smallest absolute Gasteiger partial charge is 0.129 e. The summed E-state index contributed by atoms with van der Waals surface area (Å²) in [6.07, 6.45) is 3.76. The maximum atomic E-state index is 13.9. The molecule has 1 fully saturated rings. The van der Waals surface area contributed by atoms with Crippen molar-refractivity contribution in [3.05, 3.63) is 34.1 Å². The lowest BCUT2D eigenvalue weighted by Crippen LogP contribution is -2.35. The van der Waals surface area contributed by atoms with Crippen LogP contribution in [0.1, 0.15) is 51.6 Å². The third-order valence-electron chi connectivity index (χ3n) is 4.64. The third kappa shape index (κ3) is 3.38. The zero-order valence-electron chi connectivity index (χ0n) is 11.9. The molecule has 106 valence electrons. The highest BCUT2D eigenvalue weighted by Gasteiger charge is 2.32. The summed E-state index contributed by atoms with van der Waals surface area (Å²) in [5.74, 6) is 1.37. The number of rotatable bonds is 4. The second kappa shape index (κ2) is 6.36. The molecule has 0 bridgehead atoms. The molecule has 0 heterocycles. The molecule has 3 heteroatoms. The zero-order valence-corrected chi connectivity index (χ0v) is 13.5. The van der Waals surface area contributed by atoms with Gasteiger partial charge >= 0.3 is 0 Å². The Labute approximate surface area is 124 Å². The summed E-state index contributed by atoms with van der Waals surface area (Å²) < 4.78 is 14.7. The monoisotopic (exact) mass is 327 g/mol. The fourth-order valence-corrected chi connectivity index (χ4v) is 3.66. The van der Waals surface area contributed by atoms with Crippen molar-refractivity contribution < 1.29 is 4.39 Å².